The van der Waals surface area contributed by atoms with Gasteiger partial charge in [0.1, 0.15) is 6.10 Å². The van der Waals surface area contributed by atoms with Crippen LogP contribution in [0.3, 0.4) is 0 Å². The fourth-order valence-corrected chi connectivity index (χ4v) is 6.66. The van der Waals surface area contributed by atoms with E-state index in [2.05, 4.69) is 17.6 Å². The Morgan fingerprint density at radius 1 is 0.933 bits per heavy atom. The minimum absolute atomic E-state index is 0.0949. The van der Waals surface area contributed by atoms with E-state index in [0.717, 1.165) is 44.1 Å². The van der Waals surface area contributed by atoms with Gasteiger partial charge in [-0.3, -0.25) is 9.59 Å². The average Bonchev–Trinajstić information content (AvgIpc) is 3.00. The molecule has 0 radical (unpaired) electrons. The van der Waals surface area contributed by atoms with Gasteiger partial charge >= 0.3 is 12.0 Å². The molecule has 3 N–H and O–H groups in total. The summed E-state index contributed by atoms with van der Waals surface area (Å²) in [5.41, 5.74) is -0.509. The maximum absolute atomic E-state index is 14.0. The van der Waals surface area contributed by atoms with Gasteiger partial charge in [0.25, 0.3) is 0 Å². The molecule has 0 spiro atoms. The van der Waals surface area contributed by atoms with Crippen molar-refractivity contribution in [2.24, 2.45) is 11.3 Å². The number of rotatable bonds is 17. The van der Waals surface area contributed by atoms with Crippen molar-refractivity contribution in [3.8, 4) is 0 Å². The van der Waals surface area contributed by atoms with E-state index >= 15 is 0 Å². The fourth-order valence-electron chi connectivity index (χ4n) is 6.66. The molecule has 1 aromatic carbocycles. The standard InChI is InChI=1S/C36H59N3O6/c1-6-7-8-9-10-11-12-19-24-39(26-28-20-15-13-16-21-28)33(43)38-36(22-17-14-18-23-36)29(32(41)42)25-37-31(40)30-34(2,3)27-44-35(4,5)45-30/h13,15-16,20-21,29-30H,6-12,14,17-19,22-27H2,1-5H3,(H,37,40)(H,38,43)(H,41,42). The third kappa shape index (κ3) is 11.3. The van der Waals surface area contributed by atoms with Crippen LogP contribution >= 0.6 is 0 Å². The van der Waals surface area contributed by atoms with Crippen LogP contribution in [0.2, 0.25) is 0 Å². The van der Waals surface area contributed by atoms with Crippen LogP contribution in [0.4, 0.5) is 4.79 Å². The van der Waals surface area contributed by atoms with E-state index in [1.807, 2.05) is 49.1 Å². The summed E-state index contributed by atoms with van der Waals surface area (Å²) in [6.07, 6.45) is 12.3. The summed E-state index contributed by atoms with van der Waals surface area (Å²) in [6.45, 7) is 10.9. The van der Waals surface area contributed by atoms with E-state index in [4.69, 9.17) is 9.47 Å². The normalized spacial score (nSPS) is 21.0. The lowest BCUT2D eigenvalue weighted by Crippen LogP contribution is -2.63. The van der Waals surface area contributed by atoms with Gasteiger partial charge in [-0.15, -0.1) is 0 Å². The molecule has 0 bridgehead atoms. The second-order valence-electron chi connectivity index (χ2n) is 14.3. The Labute approximate surface area is 271 Å². The first kappa shape index (κ1) is 36.8. The molecule has 9 nitrogen and oxygen atoms in total. The summed E-state index contributed by atoms with van der Waals surface area (Å²) < 4.78 is 11.7. The smallest absolute Gasteiger partial charge is 0.318 e. The van der Waals surface area contributed by atoms with E-state index in [1.54, 1.807) is 13.8 Å². The number of unbranched alkanes of at least 4 members (excludes halogenated alkanes) is 7. The highest BCUT2D eigenvalue weighted by Crippen LogP contribution is 2.37. The van der Waals surface area contributed by atoms with Gasteiger partial charge in [0.05, 0.1) is 18.1 Å². The van der Waals surface area contributed by atoms with Crippen molar-refractivity contribution in [2.45, 2.75) is 142 Å². The Kier molecular flexibility index (Phi) is 14.2. The second-order valence-corrected chi connectivity index (χ2v) is 14.3. The highest BCUT2D eigenvalue weighted by atomic mass is 16.7. The molecular weight excluding hydrogens is 570 g/mol. The Morgan fingerprint density at radius 3 is 2.18 bits per heavy atom. The number of carboxylic acids is 1. The first-order valence-corrected chi connectivity index (χ1v) is 17.3. The van der Waals surface area contributed by atoms with Gasteiger partial charge in [-0.05, 0) is 38.7 Å². The first-order chi connectivity index (χ1) is 21.4. The van der Waals surface area contributed by atoms with Crippen LogP contribution in [0.5, 0.6) is 0 Å². The molecule has 2 fully saturated rings. The van der Waals surface area contributed by atoms with E-state index in [-0.39, 0.29) is 18.5 Å². The quantitative estimate of drug-likeness (QED) is 0.159. The zero-order valence-corrected chi connectivity index (χ0v) is 28.5. The predicted molar refractivity (Wildman–Crippen MR) is 177 cm³/mol. The monoisotopic (exact) mass is 629 g/mol. The summed E-state index contributed by atoms with van der Waals surface area (Å²) in [5, 5.41) is 16.6. The minimum Gasteiger partial charge on any atom is -0.481 e. The molecule has 1 aliphatic carbocycles. The number of amides is 3. The molecule has 45 heavy (non-hydrogen) atoms. The summed E-state index contributed by atoms with van der Waals surface area (Å²) in [7, 11) is 0. The van der Waals surface area contributed by atoms with Gasteiger partial charge in [0.15, 0.2) is 5.79 Å². The van der Waals surface area contributed by atoms with Crippen LogP contribution in [0.25, 0.3) is 0 Å². The molecule has 2 atom stereocenters. The molecule has 254 valence electrons. The Bertz CT molecular complexity index is 1070. The lowest BCUT2D eigenvalue weighted by molar-refractivity contribution is -0.304. The number of benzene rings is 1. The Morgan fingerprint density at radius 2 is 1.56 bits per heavy atom. The number of carboxylic acid groups (broad SMARTS) is 1. The molecular formula is C36H59N3O6. The van der Waals surface area contributed by atoms with Crippen molar-refractivity contribution >= 4 is 17.9 Å². The molecule has 1 heterocycles. The molecule has 9 heteroatoms. The molecule has 0 aromatic heterocycles. The number of carbonyl (C=O) groups is 3. The molecule has 1 aromatic rings. The Balaban J connectivity index is 1.72. The number of nitrogens with one attached hydrogen (secondary N) is 2. The van der Waals surface area contributed by atoms with Gasteiger partial charge in [-0.2, -0.15) is 0 Å². The van der Waals surface area contributed by atoms with Crippen LogP contribution in [-0.2, 0) is 25.6 Å². The van der Waals surface area contributed by atoms with Crippen molar-refractivity contribution in [1.29, 1.82) is 0 Å². The molecule has 3 rings (SSSR count). The third-order valence-corrected chi connectivity index (χ3v) is 9.47. The van der Waals surface area contributed by atoms with Crippen molar-refractivity contribution < 1.29 is 29.0 Å². The highest BCUT2D eigenvalue weighted by molar-refractivity contribution is 5.83. The van der Waals surface area contributed by atoms with E-state index < -0.39 is 34.7 Å². The lowest BCUT2D eigenvalue weighted by atomic mass is 9.72. The number of urea groups is 1. The lowest BCUT2D eigenvalue weighted by Gasteiger charge is -2.45. The molecule has 1 aliphatic heterocycles. The number of hydrogen-bond acceptors (Lipinski definition) is 5. The van der Waals surface area contributed by atoms with Gasteiger partial charge in [-0.25, -0.2) is 4.79 Å². The number of nitrogens with zero attached hydrogens (tertiary/aromatic N) is 1. The van der Waals surface area contributed by atoms with E-state index in [1.165, 1.54) is 32.1 Å². The molecule has 3 amide bonds. The van der Waals surface area contributed by atoms with Crippen LogP contribution < -0.4 is 10.6 Å². The van der Waals surface area contributed by atoms with E-state index in [9.17, 15) is 19.5 Å². The average molecular weight is 630 g/mol. The highest BCUT2D eigenvalue weighted by Gasteiger charge is 2.48. The Hall–Kier alpha value is -2.65. The van der Waals surface area contributed by atoms with Gasteiger partial charge in [0.2, 0.25) is 5.91 Å². The number of hydrogen-bond donors (Lipinski definition) is 3. The second kappa shape index (κ2) is 17.3. The summed E-state index contributed by atoms with van der Waals surface area (Å²) in [6, 6.07) is 9.69. The first-order valence-electron chi connectivity index (χ1n) is 17.3. The molecule has 1 saturated heterocycles. The van der Waals surface area contributed by atoms with Crippen LogP contribution in [0.1, 0.15) is 124 Å². The largest absolute Gasteiger partial charge is 0.481 e. The fraction of sp³-hybridized carbons (Fsp3) is 0.750. The van der Waals surface area contributed by atoms with Gasteiger partial charge < -0.3 is 30.1 Å². The van der Waals surface area contributed by atoms with Crippen LogP contribution in [-0.4, -0.2) is 65.0 Å². The zero-order valence-electron chi connectivity index (χ0n) is 28.5. The van der Waals surface area contributed by atoms with Crippen molar-refractivity contribution in [2.75, 3.05) is 19.7 Å². The number of carbonyl (C=O) groups excluding carboxylic acids is 2. The predicted octanol–water partition coefficient (Wildman–Crippen LogP) is 7.04. The van der Waals surface area contributed by atoms with Crippen molar-refractivity contribution in [3.63, 3.8) is 0 Å². The SMILES string of the molecule is CCCCCCCCCCN(Cc1ccccc1)C(=O)NC1(C(CNC(=O)C2OC(C)(C)OCC2(C)C)C(=O)O)CCCCC1. The molecule has 2 unspecified atom stereocenters. The van der Waals surface area contributed by atoms with Gasteiger partial charge in [-0.1, -0.05) is 115 Å². The minimum atomic E-state index is -1.03. The number of ether oxygens (including phenoxy) is 2. The topological polar surface area (TPSA) is 117 Å². The molecule has 1 saturated carbocycles. The van der Waals surface area contributed by atoms with Crippen LogP contribution in [0, 0.1) is 11.3 Å². The summed E-state index contributed by atoms with van der Waals surface area (Å²) in [5.74, 6) is -3.29. The maximum atomic E-state index is 14.0. The van der Waals surface area contributed by atoms with Crippen LogP contribution in [0.15, 0.2) is 30.3 Å². The van der Waals surface area contributed by atoms with Crippen molar-refractivity contribution in [1.82, 2.24) is 15.5 Å². The zero-order chi connectivity index (χ0) is 32.9. The summed E-state index contributed by atoms with van der Waals surface area (Å²) in [4.78, 5) is 42.1. The maximum Gasteiger partial charge on any atom is 0.318 e. The van der Waals surface area contributed by atoms with Gasteiger partial charge in [0, 0.05) is 25.0 Å². The van der Waals surface area contributed by atoms with Crippen molar-refractivity contribution in [3.05, 3.63) is 35.9 Å². The van der Waals surface area contributed by atoms with E-state index in [0.29, 0.717) is 32.5 Å². The third-order valence-electron chi connectivity index (χ3n) is 9.47. The molecule has 2 aliphatic rings. The summed E-state index contributed by atoms with van der Waals surface area (Å²) >= 11 is 0. The number of aliphatic carboxylic acids is 1.